The second-order valence-corrected chi connectivity index (χ2v) is 5.38. The number of aryl methyl sites for hydroxylation is 1. The highest BCUT2D eigenvalue weighted by Gasteiger charge is 2.20. The molecule has 4 nitrogen and oxygen atoms in total. The van der Waals surface area contributed by atoms with Crippen molar-refractivity contribution < 1.29 is 8.42 Å². The largest absolute Gasteiger partial charge is 0.335 e. The first-order valence-electron chi connectivity index (χ1n) is 4.69. The molecule has 5 heteroatoms. The zero-order valence-electron chi connectivity index (χ0n) is 8.77. The van der Waals surface area contributed by atoms with Crippen molar-refractivity contribution in [3.63, 3.8) is 0 Å². The van der Waals surface area contributed by atoms with Gasteiger partial charge in [-0.05, 0) is 26.0 Å². The fourth-order valence-electron chi connectivity index (χ4n) is 1.31. The summed E-state index contributed by atoms with van der Waals surface area (Å²) in [5, 5.41) is -0.0682. The molecule has 0 aliphatic heterocycles. The van der Waals surface area contributed by atoms with Crippen LogP contribution in [0.25, 0.3) is 0 Å². The Morgan fingerprint density at radius 1 is 1.25 bits per heavy atom. The quantitative estimate of drug-likeness (QED) is 0.862. The molecule has 16 heavy (non-hydrogen) atoms. The molecule has 0 aliphatic rings. The summed E-state index contributed by atoms with van der Waals surface area (Å²) in [4.78, 5) is 6.65. The van der Waals surface area contributed by atoms with Crippen molar-refractivity contribution in [3.8, 4) is 0 Å². The van der Waals surface area contributed by atoms with Crippen LogP contribution >= 0.6 is 0 Å². The minimum absolute atomic E-state index is 0.0682. The van der Waals surface area contributed by atoms with Gasteiger partial charge in [-0.1, -0.05) is 17.7 Å². The van der Waals surface area contributed by atoms with Crippen LogP contribution in [0, 0.1) is 13.8 Å². The van der Waals surface area contributed by atoms with E-state index in [9.17, 15) is 8.42 Å². The number of benzene rings is 1. The van der Waals surface area contributed by atoms with Crippen molar-refractivity contribution in [2.75, 3.05) is 0 Å². The minimum Gasteiger partial charge on any atom is -0.335 e. The number of hydrogen-bond donors (Lipinski definition) is 1. The molecule has 1 N–H and O–H groups in total. The average Bonchev–Trinajstić information content (AvgIpc) is 2.66. The number of rotatable bonds is 2. The van der Waals surface area contributed by atoms with E-state index >= 15 is 0 Å². The maximum absolute atomic E-state index is 12.0. The maximum Gasteiger partial charge on any atom is 0.239 e. The Balaban J connectivity index is 2.51. The number of aromatic nitrogens is 2. The monoisotopic (exact) mass is 235 g/mol. The van der Waals surface area contributed by atoms with Gasteiger partial charge in [0.05, 0.1) is 10.6 Å². The van der Waals surface area contributed by atoms with E-state index in [-0.39, 0.29) is 10.1 Å². The van der Waals surface area contributed by atoms with E-state index < -0.39 is 9.84 Å². The third-order valence-corrected chi connectivity index (χ3v) is 3.80. The van der Waals surface area contributed by atoms with E-state index in [1.165, 1.54) is 6.20 Å². The van der Waals surface area contributed by atoms with Gasteiger partial charge in [-0.2, -0.15) is 0 Å². The van der Waals surface area contributed by atoms with Gasteiger partial charge >= 0.3 is 0 Å². The Labute approximate surface area is 94.3 Å². The van der Waals surface area contributed by atoms with Gasteiger partial charge in [0.1, 0.15) is 0 Å². The van der Waals surface area contributed by atoms with Gasteiger partial charge in [-0.3, -0.25) is 0 Å². The molecule has 1 heterocycles. The first kappa shape index (κ1) is 10.9. The molecule has 1 aromatic carbocycles. The van der Waals surface area contributed by atoms with Gasteiger partial charge in [-0.15, -0.1) is 0 Å². The molecule has 0 spiro atoms. The van der Waals surface area contributed by atoms with Gasteiger partial charge in [0, 0.05) is 6.20 Å². The molecule has 0 atom stereocenters. The van der Waals surface area contributed by atoms with Crippen LogP contribution in [0.2, 0.25) is 0 Å². The summed E-state index contributed by atoms with van der Waals surface area (Å²) < 4.78 is 24.1. The number of aromatic amines is 1. The van der Waals surface area contributed by atoms with E-state index in [0.29, 0.717) is 5.69 Å². The van der Waals surface area contributed by atoms with Crippen LogP contribution in [0.15, 0.2) is 40.5 Å². The molecule has 0 bridgehead atoms. The Bertz CT molecular complexity index is 597. The van der Waals surface area contributed by atoms with Crippen molar-refractivity contribution in [2.45, 2.75) is 17.0 Å². The van der Waals surface area contributed by atoms with Crippen molar-refractivity contribution >= 4 is 9.84 Å². The molecular weight excluding hydrogens is 224 g/mol. The third-order valence-electron chi connectivity index (χ3n) is 2.19. The number of hydrogen-bond acceptors (Lipinski definition) is 3. The second kappa shape index (κ2) is 3.75. The SMILES string of the molecule is [CH2]c1c[nH]c(S(=O)(=O)c2ccc(C)cc2)n1. The topological polar surface area (TPSA) is 62.8 Å². The molecule has 1 aromatic heterocycles. The highest BCUT2D eigenvalue weighted by molar-refractivity contribution is 7.91. The summed E-state index contributed by atoms with van der Waals surface area (Å²) in [6, 6.07) is 6.63. The molecule has 83 valence electrons. The summed E-state index contributed by atoms with van der Waals surface area (Å²) in [5.74, 6) is 0. The van der Waals surface area contributed by atoms with Crippen LogP contribution < -0.4 is 0 Å². The predicted molar refractivity (Wildman–Crippen MR) is 59.7 cm³/mol. The molecule has 0 amide bonds. The molecule has 0 aliphatic carbocycles. The van der Waals surface area contributed by atoms with E-state index in [2.05, 4.69) is 16.9 Å². The number of sulfone groups is 1. The number of H-pyrrole nitrogens is 1. The molecule has 0 unspecified atom stereocenters. The highest BCUT2D eigenvalue weighted by atomic mass is 32.2. The van der Waals surface area contributed by atoms with Crippen molar-refractivity contribution in [3.05, 3.63) is 48.6 Å². The van der Waals surface area contributed by atoms with E-state index in [1.54, 1.807) is 24.3 Å². The summed E-state index contributed by atoms with van der Waals surface area (Å²) in [6.45, 7) is 5.46. The normalized spacial score (nSPS) is 11.6. The number of nitrogens with one attached hydrogen (secondary N) is 1. The molecule has 0 saturated heterocycles. The molecule has 2 aromatic rings. The smallest absolute Gasteiger partial charge is 0.239 e. The van der Waals surface area contributed by atoms with Gasteiger partial charge < -0.3 is 4.98 Å². The summed E-state index contributed by atoms with van der Waals surface area (Å²) in [6.07, 6.45) is 1.46. The summed E-state index contributed by atoms with van der Waals surface area (Å²) in [7, 11) is -3.54. The zero-order valence-corrected chi connectivity index (χ0v) is 9.58. The lowest BCUT2D eigenvalue weighted by atomic mass is 10.2. The van der Waals surface area contributed by atoms with E-state index in [4.69, 9.17) is 0 Å². The Hall–Kier alpha value is -1.62. The van der Waals surface area contributed by atoms with Crippen molar-refractivity contribution in [1.29, 1.82) is 0 Å². The van der Waals surface area contributed by atoms with Crippen molar-refractivity contribution in [2.24, 2.45) is 0 Å². The van der Waals surface area contributed by atoms with Crippen LogP contribution in [0.5, 0.6) is 0 Å². The molecule has 2 rings (SSSR count). The molecule has 0 fully saturated rings. The number of imidazole rings is 1. The fraction of sp³-hybridized carbons (Fsp3) is 0.0909. The van der Waals surface area contributed by atoms with Crippen LogP contribution in [0.4, 0.5) is 0 Å². The lowest BCUT2D eigenvalue weighted by Crippen LogP contribution is -2.04. The van der Waals surface area contributed by atoms with Gasteiger partial charge in [0.2, 0.25) is 15.0 Å². The minimum atomic E-state index is -3.54. The maximum atomic E-state index is 12.0. The summed E-state index contributed by atoms with van der Waals surface area (Å²) >= 11 is 0. The number of nitrogens with zero attached hydrogens (tertiary/aromatic N) is 1. The van der Waals surface area contributed by atoms with E-state index in [1.807, 2.05) is 6.92 Å². The highest BCUT2D eigenvalue weighted by Crippen LogP contribution is 2.18. The average molecular weight is 235 g/mol. The molecular formula is C11H11N2O2S. The standard InChI is InChI=1S/C11H11N2O2S/c1-8-3-5-10(6-4-8)16(14,15)11-12-7-9(2)13-11/h3-7H,2H2,1H3,(H,12,13). The van der Waals surface area contributed by atoms with Gasteiger partial charge in [0.25, 0.3) is 0 Å². The molecule has 0 saturated carbocycles. The van der Waals surface area contributed by atoms with Crippen LogP contribution in [0.1, 0.15) is 11.3 Å². The van der Waals surface area contributed by atoms with Gasteiger partial charge in [0.15, 0.2) is 0 Å². The Morgan fingerprint density at radius 2 is 1.88 bits per heavy atom. The van der Waals surface area contributed by atoms with Crippen LogP contribution in [-0.4, -0.2) is 18.4 Å². The second-order valence-electron chi connectivity index (χ2n) is 3.51. The van der Waals surface area contributed by atoms with Crippen LogP contribution in [-0.2, 0) is 9.84 Å². The molecule has 1 radical (unpaired) electrons. The first-order valence-corrected chi connectivity index (χ1v) is 6.17. The first-order chi connectivity index (χ1) is 7.50. The van der Waals surface area contributed by atoms with E-state index in [0.717, 1.165) is 5.56 Å². The predicted octanol–water partition coefficient (Wildman–Crippen LogP) is 1.73. The Kier molecular flexibility index (Phi) is 2.55. The third kappa shape index (κ3) is 1.86. The fourth-order valence-corrected chi connectivity index (χ4v) is 2.48. The van der Waals surface area contributed by atoms with Gasteiger partial charge in [-0.25, -0.2) is 13.4 Å². The lowest BCUT2D eigenvalue weighted by Gasteiger charge is -2.01. The van der Waals surface area contributed by atoms with Crippen LogP contribution in [0.3, 0.4) is 0 Å². The zero-order chi connectivity index (χ0) is 11.8. The Morgan fingerprint density at radius 3 is 2.38 bits per heavy atom. The lowest BCUT2D eigenvalue weighted by molar-refractivity contribution is 0.588. The summed E-state index contributed by atoms with van der Waals surface area (Å²) in [5.41, 5.74) is 1.42. The van der Waals surface area contributed by atoms with Crippen molar-refractivity contribution in [1.82, 2.24) is 9.97 Å².